The van der Waals surface area contributed by atoms with Crippen molar-refractivity contribution in [2.45, 2.75) is 10.7 Å². The van der Waals surface area contributed by atoms with E-state index < -0.39 is 16.6 Å². The Labute approximate surface area is 138 Å². The second-order valence-corrected chi connectivity index (χ2v) is 5.66. The van der Waals surface area contributed by atoms with Crippen LogP contribution in [0.3, 0.4) is 0 Å². The number of nitrogens with one attached hydrogen (secondary N) is 1. The molecule has 0 saturated carbocycles. The molecule has 0 spiro atoms. The molecule has 5 nitrogen and oxygen atoms in total. The number of nitro benzene ring substituents is 1. The Hall–Kier alpha value is -2.19. The predicted octanol–water partition coefficient (Wildman–Crippen LogP) is 4.82. The monoisotopic (exact) mass is 358 g/mol. The lowest BCUT2D eigenvalue weighted by atomic mass is 10.2. The predicted molar refractivity (Wildman–Crippen MR) is 84.4 cm³/mol. The molecule has 0 atom stereocenters. The molecular formula is C14H9ClF2N2O3S. The average molecular weight is 359 g/mol. The van der Waals surface area contributed by atoms with Crippen molar-refractivity contribution in [3.63, 3.8) is 0 Å². The number of nitro groups is 1. The first-order chi connectivity index (χ1) is 10.9. The Morgan fingerprint density at radius 3 is 2.43 bits per heavy atom. The summed E-state index contributed by atoms with van der Waals surface area (Å²) in [6.45, 7) is 0. The summed E-state index contributed by atoms with van der Waals surface area (Å²) in [5.41, 5.74) is 0.146. The highest BCUT2D eigenvalue weighted by atomic mass is 35.5. The van der Waals surface area contributed by atoms with Crippen LogP contribution in [0.5, 0.6) is 0 Å². The van der Waals surface area contributed by atoms with Crippen LogP contribution in [-0.4, -0.2) is 16.6 Å². The number of hydrogen-bond donors (Lipinski definition) is 1. The number of nitrogens with zero attached hydrogens (tertiary/aromatic N) is 1. The molecule has 2 aromatic rings. The molecule has 0 aliphatic heterocycles. The third-order valence-corrected chi connectivity index (χ3v) is 4.04. The number of alkyl halides is 2. The molecule has 0 bridgehead atoms. The van der Waals surface area contributed by atoms with E-state index in [1.54, 1.807) is 0 Å². The van der Waals surface area contributed by atoms with Crippen molar-refractivity contribution in [3.05, 3.63) is 63.2 Å². The van der Waals surface area contributed by atoms with E-state index in [9.17, 15) is 23.7 Å². The third-order valence-electron chi connectivity index (χ3n) is 2.76. The SMILES string of the molecule is O=C(Nc1cccc(Cl)c1SC(F)F)c1ccc([N+](=O)[O-])cc1. The van der Waals surface area contributed by atoms with Crippen molar-refractivity contribution in [2.24, 2.45) is 0 Å². The molecule has 0 aliphatic carbocycles. The fourth-order valence-corrected chi connectivity index (χ4v) is 2.66. The summed E-state index contributed by atoms with van der Waals surface area (Å²) in [5, 5.41) is 13.1. The van der Waals surface area contributed by atoms with E-state index in [-0.39, 0.29) is 38.6 Å². The zero-order valence-electron chi connectivity index (χ0n) is 11.3. The number of rotatable bonds is 5. The molecule has 0 unspecified atom stereocenters. The van der Waals surface area contributed by atoms with Crippen LogP contribution >= 0.6 is 23.4 Å². The number of thioether (sulfide) groups is 1. The van der Waals surface area contributed by atoms with E-state index >= 15 is 0 Å². The standard InChI is InChI=1S/C14H9ClF2N2O3S/c15-10-2-1-3-11(12(10)23-14(16)17)18-13(20)8-4-6-9(7-5-8)19(21)22/h1-7,14H,(H,18,20). The Balaban J connectivity index is 2.23. The summed E-state index contributed by atoms with van der Waals surface area (Å²) in [6, 6.07) is 9.32. The van der Waals surface area contributed by atoms with Crippen LogP contribution in [0.2, 0.25) is 5.02 Å². The van der Waals surface area contributed by atoms with Gasteiger partial charge in [-0.3, -0.25) is 14.9 Å². The first-order valence-electron chi connectivity index (χ1n) is 6.17. The van der Waals surface area contributed by atoms with Gasteiger partial charge >= 0.3 is 0 Å². The quantitative estimate of drug-likeness (QED) is 0.472. The van der Waals surface area contributed by atoms with Crippen molar-refractivity contribution in [1.29, 1.82) is 0 Å². The summed E-state index contributed by atoms with van der Waals surface area (Å²) >= 11 is 6.10. The van der Waals surface area contributed by atoms with Crippen molar-refractivity contribution < 1.29 is 18.5 Å². The highest BCUT2D eigenvalue weighted by Gasteiger charge is 2.16. The molecule has 2 rings (SSSR count). The van der Waals surface area contributed by atoms with E-state index in [1.165, 1.54) is 42.5 Å². The first-order valence-corrected chi connectivity index (χ1v) is 7.43. The summed E-state index contributed by atoms with van der Waals surface area (Å²) < 4.78 is 25.2. The van der Waals surface area contributed by atoms with E-state index in [0.29, 0.717) is 0 Å². The van der Waals surface area contributed by atoms with Crippen LogP contribution < -0.4 is 5.32 Å². The summed E-state index contributed by atoms with van der Waals surface area (Å²) in [7, 11) is 0. The number of anilines is 1. The molecule has 9 heteroatoms. The van der Waals surface area contributed by atoms with Crippen LogP contribution in [0.15, 0.2) is 47.4 Å². The highest BCUT2D eigenvalue weighted by molar-refractivity contribution is 7.99. The van der Waals surface area contributed by atoms with Gasteiger partial charge in [0.1, 0.15) is 0 Å². The lowest BCUT2D eigenvalue weighted by Gasteiger charge is -2.12. The van der Waals surface area contributed by atoms with E-state index in [4.69, 9.17) is 11.6 Å². The normalized spacial score (nSPS) is 10.6. The maximum Gasteiger partial charge on any atom is 0.289 e. The second kappa shape index (κ2) is 7.38. The van der Waals surface area contributed by atoms with Crippen molar-refractivity contribution in [1.82, 2.24) is 0 Å². The van der Waals surface area contributed by atoms with Gasteiger partial charge in [0, 0.05) is 17.7 Å². The molecular weight excluding hydrogens is 350 g/mol. The minimum absolute atomic E-state index is 0.0550. The number of amides is 1. The van der Waals surface area contributed by atoms with Gasteiger partial charge in [-0.05, 0) is 24.3 Å². The zero-order valence-corrected chi connectivity index (χ0v) is 12.9. The maximum atomic E-state index is 12.6. The molecule has 0 fully saturated rings. The molecule has 0 aliphatic rings. The number of carbonyl (C=O) groups is 1. The molecule has 1 amide bonds. The van der Waals surface area contributed by atoms with Gasteiger partial charge in [0.05, 0.1) is 20.5 Å². The summed E-state index contributed by atoms with van der Waals surface area (Å²) in [4.78, 5) is 22.2. The molecule has 1 N–H and O–H groups in total. The maximum absolute atomic E-state index is 12.6. The molecule has 23 heavy (non-hydrogen) atoms. The molecule has 0 saturated heterocycles. The van der Waals surface area contributed by atoms with Crippen molar-refractivity contribution in [2.75, 3.05) is 5.32 Å². The minimum atomic E-state index is -2.69. The Kier molecular flexibility index (Phi) is 5.51. The van der Waals surface area contributed by atoms with Gasteiger partial charge in [-0.1, -0.05) is 29.4 Å². The Morgan fingerprint density at radius 1 is 1.22 bits per heavy atom. The largest absolute Gasteiger partial charge is 0.321 e. The van der Waals surface area contributed by atoms with Gasteiger partial charge in [0.25, 0.3) is 17.4 Å². The van der Waals surface area contributed by atoms with Crippen LogP contribution in [0.25, 0.3) is 0 Å². The van der Waals surface area contributed by atoms with E-state index in [1.807, 2.05) is 0 Å². The number of carbonyl (C=O) groups excluding carboxylic acids is 1. The van der Waals surface area contributed by atoms with Crippen LogP contribution in [0.4, 0.5) is 20.2 Å². The lowest BCUT2D eigenvalue weighted by molar-refractivity contribution is -0.384. The van der Waals surface area contributed by atoms with Gasteiger partial charge in [0.15, 0.2) is 0 Å². The van der Waals surface area contributed by atoms with E-state index in [0.717, 1.165) is 0 Å². The van der Waals surface area contributed by atoms with Crippen molar-refractivity contribution in [3.8, 4) is 0 Å². The highest BCUT2D eigenvalue weighted by Crippen LogP contribution is 2.37. The van der Waals surface area contributed by atoms with E-state index in [2.05, 4.69) is 5.32 Å². The lowest BCUT2D eigenvalue weighted by Crippen LogP contribution is -2.12. The topological polar surface area (TPSA) is 72.2 Å². The van der Waals surface area contributed by atoms with Gasteiger partial charge in [-0.25, -0.2) is 0 Å². The van der Waals surface area contributed by atoms with Crippen molar-refractivity contribution >= 4 is 40.6 Å². The second-order valence-electron chi connectivity index (χ2n) is 4.25. The Morgan fingerprint density at radius 2 is 1.87 bits per heavy atom. The molecule has 0 heterocycles. The molecule has 120 valence electrons. The molecule has 0 aromatic heterocycles. The Bertz CT molecular complexity index is 741. The van der Waals surface area contributed by atoms with Crippen LogP contribution in [0, 0.1) is 10.1 Å². The zero-order chi connectivity index (χ0) is 17.0. The number of halogens is 3. The first kappa shape index (κ1) is 17.2. The summed E-state index contributed by atoms with van der Waals surface area (Å²) in [6.07, 6.45) is 0. The number of non-ortho nitro benzene ring substituents is 1. The average Bonchev–Trinajstić information content (AvgIpc) is 2.50. The van der Waals surface area contributed by atoms with Crippen LogP contribution in [-0.2, 0) is 0 Å². The van der Waals surface area contributed by atoms with Gasteiger partial charge in [0.2, 0.25) is 0 Å². The number of benzene rings is 2. The third kappa shape index (κ3) is 4.40. The fraction of sp³-hybridized carbons (Fsp3) is 0.0714. The van der Waals surface area contributed by atoms with Gasteiger partial charge < -0.3 is 5.32 Å². The van der Waals surface area contributed by atoms with Gasteiger partial charge in [-0.2, -0.15) is 8.78 Å². The molecule has 0 radical (unpaired) electrons. The molecule has 2 aromatic carbocycles. The minimum Gasteiger partial charge on any atom is -0.321 e. The smallest absolute Gasteiger partial charge is 0.289 e. The summed E-state index contributed by atoms with van der Waals surface area (Å²) in [5.74, 6) is -3.27. The van der Waals surface area contributed by atoms with Crippen LogP contribution in [0.1, 0.15) is 10.4 Å². The van der Waals surface area contributed by atoms with Gasteiger partial charge in [-0.15, -0.1) is 0 Å². The fourth-order valence-electron chi connectivity index (χ4n) is 1.75. The number of hydrogen-bond acceptors (Lipinski definition) is 4.